The van der Waals surface area contributed by atoms with Crippen LogP contribution < -0.4 is 16.4 Å². The standard InChI is InChI=1S/C15H25N3O8/c1-3-7(2)12(15(25)26)18-14(24)9(6-11(21)22)17-13(23)8(16)4-5-10(19)20/h7-9,12H,3-6,16H2,1-2H3,(H,17,23)(H,18,24)(H,19,20)(H,21,22)(H,25,26)/t7-,8-,9-,12-/m0/s1. The molecule has 0 unspecified atom stereocenters. The Morgan fingerprint density at radius 2 is 1.54 bits per heavy atom. The number of nitrogens with two attached hydrogens (primary N) is 1. The number of carboxylic acid groups (broad SMARTS) is 3. The molecule has 0 fully saturated rings. The first-order chi connectivity index (χ1) is 12.0. The molecule has 0 aliphatic heterocycles. The second-order valence-electron chi connectivity index (χ2n) is 5.91. The predicted octanol–water partition coefficient (Wildman–Crippen LogP) is -1.25. The molecule has 11 nitrogen and oxygen atoms in total. The summed E-state index contributed by atoms with van der Waals surface area (Å²) < 4.78 is 0. The fourth-order valence-corrected chi connectivity index (χ4v) is 2.01. The van der Waals surface area contributed by atoms with Crippen molar-refractivity contribution in [3.63, 3.8) is 0 Å². The molecule has 0 aromatic heterocycles. The zero-order chi connectivity index (χ0) is 20.4. The summed E-state index contributed by atoms with van der Waals surface area (Å²) in [4.78, 5) is 56.9. The third-order valence-electron chi connectivity index (χ3n) is 3.79. The molecule has 0 heterocycles. The van der Waals surface area contributed by atoms with Gasteiger partial charge in [0.2, 0.25) is 11.8 Å². The summed E-state index contributed by atoms with van der Waals surface area (Å²) in [5.41, 5.74) is 5.52. The van der Waals surface area contributed by atoms with Crippen LogP contribution in [0.5, 0.6) is 0 Å². The van der Waals surface area contributed by atoms with Crippen LogP contribution in [0.2, 0.25) is 0 Å². The zero-order valence-corrected chi connectivity index (χ0v) is 14.6. The number of amides is 2. The molecule has 2 amide bonds. The maximum absolute atomic E-state index is 12.3. The first-order valence-corrected chi connectivity index (χ1v) is 8.02. The van der Waals surface area contributed by atoms with Gasteiger partial charge >= 0.3 is 17.9 Å². The molecule has 7 N–H and O–H groups in total. The number of nitrogens with one attached hydrogen (secondary N) is 2. The molecule has 148 valence electrons. The van der Waals surface area contributed by atoms with Crippen LogP contribution in [0.4, 0.5) is 0 Å². The lowest BCUT2D eigenvalue weighted by molar-refractivity contribution is -0.144. The SMILES string of the molecule is CC[C@H](C)[C@H](NC(=O)[C@H](CC(=O)O)NC(=O)[C@@H](N)CCC(=O)O)C(=O)O. The minimum atomic E-state index is -1.54. The zero-order valence-electron chi connectivity index (χ0n) is 14.6. The smallest absolute Gasteiger partial charge is 0.326 e. The van der Waals surface area contributed by atoms with Gasteiger partial charge in [-0.15, -0.1) is 0 Å². The van der Waals surface area contributed by atoms with Gasteiger partial charge in [0.1, 0.15) is 12.1 Å². The average molecular weight is 375 g/mol. The lowest BCUT2D eigenvalue weighted by Crippen LogP contribution is -2.56. The Labute approximate surface area is 149 Å². The predicted molar refractivity (Wildman–Crippen MR) is 88.1 cm³/mol. The highest BCUT2D eigenvalue weighted by Crippen LogP contribution is 2.09. The molecule has 4 atom stereocenters. The molecule has 26 heavy (non-hydrogen) atoms. The summed E-state index contributed by atoms with van der Waals surface area (Å²) in [6, 6.07) is -4.04. The van der Waals surface area contributed by atoms with Crippen molar-refractivity contribution in [1.29, 1.82) is 0 Å². The Morgan fingerprint density at radius 3 is 1.96 bits per heavy atom. The Kier molecular flexibility index (Phi) is 9.89. The lowest BCUT2D eigenvalue weighted by Gasteiger charge is -2.24. The number of carbonyl (C=O) groups is 5. The number of carbonyl (C=O) groups excluding carboxylic acids is 2. The van der Waals surface area contributed by atoms with Crippen LogP contribution in [0.3, 0.4) is 0 Å². The van der Waals surface area contributed by atoms with E-state index in [-0.39, 0.29) is 12.8 Å². The molecule has 0 aromatic carbocycles. The Hall–Kier alpha value is -2.69. The van der Waals surface area contributed by atoms with E-state index in [1.165, 1.54) is 0 Å². The number of hydrogen-bond donors (Lipinski definition) is 6. The summed E-state index contributed by atoms with van der Waals surface area (Å²) in [5.74, 6) is -6.13. The van der Waals surface area contributed by atoms with Crippen molar-refractivity contribution in [3.05, 3.63) is 0 Å². The molecular formula is C15H25N3O8. The van der Waals surface area contributed by atoms with E-state index in [0.717, 1.165) is 0 Å². The van der Waals surface area contributed by atoms with Gasteiger partial charge in [-0.05, 0) is 12.3 Å². The van der Waals surface area contributed by atoms with E-state index in [1.54, 1.807) is 13.8 Å². The van der Waals surface area contributed by atoms with Gasteiger partial charge in [0.25, 0.3) is 0 Å². The van der Waals surface area contributed by atoms with Gasteiger partial charge in [-0.25, -0.2) is 4.79 Å². The van der Waals surface area contributed by atoms with Crippen molar-refractivity contribution in [3.8, 4) is 0 Å². The minimum absolute atomic E-state index is 0.201. The molecule has 0 bridgehead atoms. The van der Waals surface area contributed by atoms with E-state index in [2.05, 4.69) is 10.6 Å². The summed E-state index contributed by atoms with van der Waals surface area (Å²) in [5, 5.41) is 31.0. The molecule has 0 saturated heterocycles. The monoisotopic (exact) mass is 375 g/mol. The van der Waals surface area contributed by atoms with E-state index in [0.29, 0.717) is 6.42 Å². The van der Waals surface area contributed by atoms with Gasteiger partial charge in [0.15, 0.2) is 0 Å². The van der Waals surface area contributed by atoms with Crippen molar-refractivity contribution in [2.45, 2.75) is 57.7 Å². The molecule has 0 spiro atoms. The summed E-state index contributed by atoms with van der Waals surface area (Å²) in [6.45, 7) is 3.33. The summed E-state index contributed by atoms with van der Waals surface area (Å²) >= 11 is 0. The van der Waals surface area contributed by atoms with Crippen molar-refractivity contribution < 1.29 is 39.3 Å². The van der Waals surface area contributed by atoms with Crippen molar-refractivity contribution in [2.75, 3.05) is 0 Å². The Morgan fingerprint density at radius 1 is 0.962 bits per heavy atom. The normalized spacial score (nSPS) is 15.2. The second kappa shape index (κ2) is 11.0. The van der Waals surface area contributed by atoms with Crippen LogP contribution in [-0.2, 0) is 24.0 Å². The van der Waals surface area contributed by atoms with Gasteiger partial charge in [-0.1, -0.05) is 20.3 Å². The van der Waals surface area contributed by atoms with Gasteiger partial charge in [-0.2, -0.15) is 0 Å². The van der Waals surface area contributed by atoms with Crippen LogP contribution >= 0.6 is 0 Å². The first-order valence-electron chi connectivity index (χ1n) is 8.02. The summed E-state index contributed by atoms with van der Waals surface area (Å²) in [7, 11) is 0. The van der Waals surface area contributed by atoms with Gasteiger partial charge in [0, 0.05) is 6.42 Å². The largest absolute Gasteiger partial charge is 0.481 e. The van der Waals surface area contributed by atoms with E-state index in [1.807, 2.05) is 0 Å². The molecular weight excluding hydrogens is 350 g/mol. The number of aliphatic carboxylic acids is 3. The first kappa shape index (κ1) is 23.3. The lowest BCUT2D eigenvalue weighted by atomic mass is 9.98. The van der Waals surface area contributed by atoms with Crippen molar-refractivity contribution in [2.24, 2.45) is 11.7 Å². The molecule has 0 saturated carbocycles. The average Bonchev–Trinajstić information content (AvgIpc) is 2.54. The van der Waals surface area contributed by atoms with Gasteiger partial charge in [-0.3, -0.25) is 19.2 Å². The van der Waals surface area contributed by atoms with Gasteiger partial charge < -0.3 is 31.7 Å². The minimum Gasteiger partial charge on any atom is -0.481 e. The highest BCUT2D eigenvalue weighted by molar-refractivity contribution is 5.94. The van der Waals surface area contributed by atoms with E-state index >= 15 is 0 Å². The van der Waals surface area contributed by atoms with E-state index in [9.17, 15) is 29.1 Å². The highest BCUT2D eigenvalue weighted by Gasteiger charge is 2.31. The van der Waals surface area contributed by atoms with Crippen molar-refractivity contribution >= 4 is 29.7 Å². The van der Waals surface area contributed by atoms with Crippen LogP contribution in [-0.4, -0.2) is 63.2 Å². The Balaban J connectivity index is 5.08. The molecule has 0 aliphatic rings. The van der Waals surface area contributed by atoms with Crippen LogP contribution in [0.25, 0.3) is 0 Å². The Bertz CT molecular complexity index is 551. The van der Waals surface area contributed by atoms with Crippen LogP contribution in [0, 0.1) is 5.92 Å². The van der Waals surface area contributed by atoms with Gasteiger partial charge in [0.05, 0.1) is 12.5 Å². The molecule has 11 heteroatoms. The van der Waals surface area contributed by atoms with E-state index < -0.39 is 60.2 Å². The highest BCUT2D eigenvalue weighted by atomic mass is 16.4. The maximum atomic E-state index is 12.3. The maximum Gasteiger partial charge on any atom is 0.326 e. The third kappa shape index (κ3) is 8.42. The number of carboxylic acids is 3. The molecule has 0 radical (unpaired) electrons. The molecule has 0 aromatic rings. The number of hydrogen-bond acceptors (Lipinski definition) is 6. The quantitative estimate of drug-likeness (QED) is 0.241. The fraction of sp³-hybridized carbons (Fsp3) is 0.667. The topological polar surface area (TPSA) is 196 Å². The molecule has 0 rings (SSSR count). The van der Waals surface area contributed by atoms with Crippen LogP contribution in [0.15, 0.2) is 0 Å². The summed E-state index contributed by atoms with van der Waals surface area (Å²) in [6.07, 6.45) is -0.907. The number of rotatable bonds is 12. The molecule has 0 aliphatic carbocycles. The third-order valence-corrected chi connectivity index (χ3v) is 3.79. The van der Waals surface area contributed by atoms with Crippen molar-refractivity contribution in [1.82, 2.24) is 10.6 Å². The fourth-order valence-electron chi connectivity index (χ4n) is 2.01. The second-order valence-corrected chi connectivity index (χ2v) is 5.91. The van der Waals surface area contributed by atoms with Crippen LogP contribution in [0.1, 0.15) is 39.5 Å². The van der Waals surface area contributed by atoms with E-state index in [4.69, 9.17) is 15.9 Å².